The highest BCUT2D eigenvalue weighted by molar-refractivity contribution is 6.30. The van der Waals surface area contributed by atoms with Gasteiger partial charge >= 0.3 is 0 Å². The average molecular weight is 283 g/mol. The van der Waals surface area contributed by atoms with Gasteiger partial charge < -0.3 is 10.2 Å². The Bertz CT molecular complexity index is 436. The van der Waals surface area contributed by atoms with Gasteiger partial charge in [-0.25, -0.2) is 9.97 Å². The van der Waals surface area contributed by atoms with Crippen molar-refractivity contribution < 1.29 is 0 Å². The average Bonchev–Trinajstić information content (AvgIpc) is 2.88. The Morgan fingerprint density at radius 2 is 2.16 bits per heavy atom. The molecular weight excluding hydrogens is 260 g/mol. The minimum Gasteiger partial charge on any atom is -0.369 e. The van der Waals surface area contributed by atoms with E-state index in [1.807, 2.05) is 13.8 Å². The Balaban J connectivity index is 1.97. The van der Waals surface area contributed by atoms with Crippen LogP contribution in [0.1, 0.15) is 31.7 Å². The van der Waals surface area contributed by atoms with Crippen LogP contribution in [0.5, 0.6) is 0 Å². The standard InChI is InChI=1S/C14H23ClN4/c1-4-12-17-13(15)10(3)14(18-12)16-8-11-6-7-19(5-2)9-11/h11H,4-9H2,1-3H3,(H,16,17,18). The summed E-state index contributed by atoms with van der Waals surface area (Å²) in [6, 6.07) is 0. The molecule has 1 aromatic rings. The molecule has 1 saturated heterocycles. The molecule has 0 amide bonds. The fourth-order valence-electron chi connectivity index (χ4n) is 2.47. The molecule has 4 nitrogen and oxygen atoms in total. The Labute approximate surface area is 120 Å². The number of hydrogen-bond acceptors (Lipinski definition) is 4. The molecule has 1 aromatic heterocycles. The number of likely N-dealkylation sites (tertiary alicyclic amines) is 1. The first-order chi connectivity index (χ1) is 9.13. The quantitative estimate of drug-likeness (QED) is 0.843. The smallest absolute Gasteiger partial charge is 0.137 e. The Hall–Kier alpha value is -0.870. The van der Waals surface area contributed by atoms with E-state index < -0.39 is 0 Å². The number of aryl methyl sites for hydroxylation is 1. The van der Waals surface area contributed by atoms with Crippen molar-refractivity contribution in [2.75, 3.05) is 31.5 Å². The van der Waals surface area contributed by atoms with Crippen molar-refractivity contribution in [1.29, 1.82) is 0 Å². The Morgan fingerprint density at radius 1 is 1.37 bits per heavy atom. The molecule has 2 heterocycles. The number of aromatic nitrogens is 2. The number of hydrogen-bond donors (Lipinski definition) is 1. The van der Waals surface area contributed by atoms with E-state index in [1.54, 1.807) is 0 Å². The zero-order chi connectivity index (χ0) is 13.8. The monoisotopic (exact) mass is 282 g/mol. The molecule has 0 saturated carbocycles. The zero-order valence-electron chi connectivity index (χ0n) is 12.0. The van der Waals surface area contributed by atoms with Crippen molar-refractivity contribution in [2.24, 2.45) is 5.92 Å². The van der Waals surface area contributed by atoms with Crippen molar-refractivity contribution in [3.63, 3.8) is 0 Å². The fourth-order valence-corrected chi connectivity index (χ4v) is 2.66. The van der Waals surface area contributed by atoms with Gasteiger partial charge in [0, 0.05) is 25.1 Å². The lowest BCUT2D eigenvalue weighted by Crippen LogP contribution is -2.23. The van der Waals surface area contributed by atoms with E-state index in [1.165, 1.54) is 19.5 Å². The van der Waals surface area contributed by atoms with Crippen LogP contribution in [0.15, 0.2) is 0 Å². The van der Waals surface area contributed by atoms with Gasteiger partial charge in [-0.1, -0.05) is 25.4 Å². The molecule has 2 rings (SSSR count). The minimum atomic E-state index is 0.566. The molecule has 0 radical (unpaired) electrons. The summed E-state index contributed by atoms with van der Waals surface area (Å²) in [6.07, 6.45) is 2.07. The van der Waals surface area contributed by atoms with Crippen LogP contribution in [0.2, 0.25) is 5.15 Å². The molecule has 1 fully saturated rings. The van der Waals surface area contributed by atoms with Crippen LogP contribution in [0.25, 0.3) is 0 Å². The van der Waals surface area contributed by atoms with E-state index in [4.69, 9.17) is 11.6 Å². The lowest BCUT2D eigenvalue weighted by atomic mass is 10.1. The first-order valence-corrected chi connectivity index (χ1v) is 7.51. The van der Waals surface area contributed by atoms with Crippen molar-refractivity contribution in [3.8, 4) is 0 Å². The number of nitrogens with zero attached hydrogens (tertiary/aromatic N) is 3. The van der Waals surface area contributed by atoms with Gasteiger partial charge in [-0.05, 0) is 32.4 Å². The number of rotatable bonds is 5. The fraction of sp³-hybridized carbons (Fsp3) is 0.714. The van der Waals surface area contributed by atoms with E-state index in [-0.39, 0.29) is 0 Å². The van der Waals surface area contributed by atoms with Crippen LogP contribution in [-0.4, -0.2) is 41.0 Å². The van der Waals surface area contributed by atoms with E-state index in [0.29, 0.717) is 11.1 Å². The van der Waals surface area contributed by atoms with Gasteiger partial charge in [0.15, 0.2) is 0 Å². The maximum atomic E-state index is 6.14. The molecule has 1 N–H and O–H groups in total. The summed E-state index contributed by atoms with van der Waals surface area (Å²) in [4.78, 5) is 11.3. The van der Waals surface area contributed by atoms with Gasteiger partial charge in [0.25, 0.3) is 0 Å². The van der Waals surface area contributed by atoms with Gasteiger partial charge in [0.1, 0.15) is 16.8 Å². The number of anilines is 1. The zero-order valence-corrected chi connectivity index (χ0v) is 12.8. The third-order valence-electron chi connectivity index (χ3n) is 3.82. The lowest BCUT2D eigenvalue weighted by Gasteiger charge is -2.15. The molecule has 1 aliphatic rings. The minimum absolute atomic E-state index is 0.566. The van der Waals surface area contributed by atoms with Crippen molar-refractivity contribution >= 4 is 17.4 Å². The third-order valence-corrected chi connectivity index (χ3v) is 4.19. The molecule has 0 aromatic carbocycles. The highest BCUT2D eigenvalue weighted by Gasteiger charge is 2.21. The normalized spacial score (nSPS) is 19.9. The summed E-state index contributed by atoms with van der Waals surface area (Å²) in [5.74, 6) is 2.41. The molecule has 5 heteroatoms. The van der Waals surface area contributed by atoms with Gasteiger partial charge in [-0.3, -0.25) is 0 Å². The largest absolute Gasteiger partial charge is 0.369 e. The summed E-state index contributed by atoms with van der Waals surface area (Å²) < 4.78 is 0. The molecule has 1 unspecified atom stereocenters. The molecular formula is C14H23ClN4. The number of halogens is 1. The Kier molecular flexibility index (Phi) is 4.99. The predicted molar refractivity (Wildman–Crippen MR) is 79.9 cm³/mol. The van der Waals surface area contributed by atoms with Crippen LogP contribution in [-0.2, 0) is 6.42 Å². The second kappa shape index (κ2) is 6.53. The van der Waals surface area contributed by atoms with E-state index in [0.717, 1.165) is 36.7 Å². The highest BCUT2D eigenvalue weighted by atomic mass is 35.5. The summed E-state index contributed by atoms with van der Waals surface area (Å²) in [5, 5.41) is 4.02. The topological polar surface area (TPSA) is 41.1 Å². The molecule has 19 heavy (non-hydrogen) atoms. The summed E-state index contributed by atoms with van der Waals surface area (Å²) in [7, 11) is 0. The Morgan fingerprint density at radius 3 is 2.79 bits per heavy atom. The molecule has 1 atom stereocenters. The summed E-state index contributed by atoms with van der Waals surface area (Å²) in [5.41, 5.74) is 0.948. The van der Waals surface area contributed by atoms with Gasteiger partial charge in [-0.2, -0.15) is 0 Å². The van der Waals surface area contributed by atoms with E-state index in [9.17, 15) is 0 Å². The molecule has 1 aliphatic heterocycles. The van der Waals surface area contributed by atoms with Gasteiger partial charge in [0.05, 0.1) is 0 Å². The maximum absolute atomic E-state index is 6.14. The molecule has 0 aliphatic carbocycles. The van der Waals surface area contributed by atoms with Gasteiger partial charge in [0.2, 0.25) is 0 Å². The highest BCUT2D eigenvalue weighted by Crippen LogP contribution is 2.22. The van der Waals surface area contributed by atoms with Crippen molar-refractivity contribution in [3.05, 3.63) is 16.5 Å². The molecule has 0 spiro atoms. The van der Waals surface area contributed by atoms with Crippen LogP contribution in [0.3, 0.4) is 0 Å². The first-order valence-electron chi connectivity index (χ1n) is 7.13. The van der Waals surface area contributed by atoms with Gasteiger partial charge in [-0.15, -0.1) is 0 Å². The van der Waals surface area contributed by atoms with E-state index >= 15 is 0 Å². The first kappa shape index (κ1) is 14.5. The maximum Gasteiger partial charge on any atom is 0.137 e. The van der Waals surface area contributed by atoms with E-state index in [2.05, 4.69) is 27.1 Å². The summed E-state index contributed by atoms with van der Waals surface area (Å²) in [6.45, 7) is 10.7. The lowest BCUT2D eigenvalue weighted by molar-refractivity contribution is 0.345. The van der Waals surface area contributed by atoms with Crippen LogP contribution in [0.4, 0.5) is 5.82 Å². The number of nitrogens with one attached hydrogen (secondary N) is 1. The molecule has 106 valence electrons. The predicted octanol–water partition coefficient (Wildman–Crippen LogP) is 2.75. The van der Waals surface area contributed by atoms with Crippen LogP contribution < -0.4 is 5.32 Å². The van der Waals surface area contributed by atoms with Crippen molar-refractivity contribution in [1.82, 2.24) is 14.9 Å². The SMILES string of the molecule is CCc1nc(Cl)c(C)c(NCC2CCN(CC)C2)n1. The second-order valence-corrected chi connectivity index (χ2v) is 5.54. The summed E-state index contributed by atoms with van der Waals surface area (Å²) >= 11 is 6.14. The van der Waals surface area contributed by atoms with Crippen molar-refractivity contribution in [2.45, 2.75) is 33.6 Å². The second-order valence-electron chi connectivity index (χ2n) is 5.19. The third kappa shape index (κ3) is 3.57. The van der Waals surface area contributed by atoms with Crippen LogP contribution in [0, 0.1) is 12.8 Å². The van der Waals surface area contributed by atoms with Crippen LogP contribution >= 0.6 is 11.6 Å². The molecule has 0 bridgehead atoms.